The average molecular weight is 285 g/mol. The zero-order valence-corrected chi connectivity index (χ0v) is 12.6. The smallest absolute Gasteiger partial charge is 0.316 e. The summed E-state index contributed by atoms with van der Waals surface area (Å²) in [6.07, 6.45) is 4.10. The Kier molecular flexibility index (Phi) is 5.63. The molecule has 6 heteroatoms. The van der Waals surface area contributed by atoms with Crippen molar-refractivity contribution < 1.29 is 14.3 Å². The molecule has 2 rings (SSSR count). The lowest BCUT2D eigenvalue weighted by atomic mass is 9.84. The number of hydrogen-bond acceptors (Lipinski definition) is 4. The zero-order chi connectivity index (χ0) is 14.4. The van der Waals surface area contributed by atoms with Crippen molar-refractivity contribution in [2.75, 3.05) is 47.0 Å². The van der Waals surface area contributed by atoms with Gasteiger partial charge in [-0.15, -0.1) is 0 Å². The number of urea groups is 1. The second-order valence-electron chi connectivity index (χ2n) is 5.91. The van der Waals surface area contributed by atoms with Gasteiger partial charge >= 0.3 is 6.03 Å². The van der Waals surface area contributed by atoms with E-state index >= 15 is 0 Å². The van der Waals surface area contributed by atoms with Crippen LogP contribution in [0.25, 0.3) is 0 Å². The maximum absolute atomic E-state index is 11.4. The molecule has 20 heavy (non-hydrogen) atoms. The zero-order valence-electron chi connectivity index (χ0n) is 12.6. The molecule has 0 bridgehead atoms. The van der Waals surface area contributed by atoms with Gasteiger partial charge in [-0.05, 0) is 25.7 Å². The summed E-state index contributed by atoms with van der Waals surface area (Å²) in [6, 6.07) is 0.442. The molecule has 0 saturated carbocycles. The molecule has 0 aromatic rings. The van der Waals surface area contributed by atoms with Gasteiger partial charge in [0.05, 0.1) is 5.60 Å². The van der Waals surface area contributed by atoms with Gasteiger partial charge in [0.15, 0.2) is 0 Å². The number of nitrogens with one attached hydrogen (secondary N) is 2. The van der Waals surface area contributed by atoms with Crippen LogP contribution >= 0.6 is 0 Å². The third kappa shape index (κ3) is 4.33. The number of rotatable bonds is 4. The van der Waals surface area contributed by atoms with E-state index < -0.39 is 0 Å². The Morgan fingerprint density at radius 3 is 2.70 bits per heavy atom. The summed E-state index contributed by atoms with van der Waals surface area (Å²) < 4.78 is 11.4. The van der Waals surface area contributed by atoms with E-state index in [1.54, 1.807) is 19.0 Å². The first-order valence-electron chi connectivity index (χ1n) is 7.52. The predicted octanol–water partition coefficient (Wildman–Crippen LogP) is 0.575. The quantitative estimate of drug-likeness (QED) is 0.742. The molecule has 0 aromatic carbocycles. The van der Waals surface area contributed by atoms with Crippen LogP contribution in [0.15, 0.2) is 0 Å². The molecule has 1 atom stereocenters. The molecule has 2 heterocycles. The Balaban J connectivity index is 1.67. The standard InChI is InChI=1S/C14H27N3O3/c1-17(2)13(18)16-7-6-15-12-3-8-20-14(11-12)4-9-19-10-5-14/h12,15H,3-11H2,1-2H3,(H,16,18). The van der Waals surface area contributed by atoms with Crippen molar-refractivity contribution in [3.63, 3.8) is 0 Å². The molecule has 0 aromatic heterocycles. The average Bonchev–Trinajstić information content (AvgIpc) is 2.44. The van der Waals surface area contributed by atoms with Gasteiger partial charge in [-0.3, -0.25) is 0 Å². The summed E-state index contributed by atoms with van der Waals surface area (Å²) in [5.41, 5.74) is 0.0288. The van der Waals surface area contributed by atoms with Crippen LogP contribution in [0, 0.1) is 0 Å². The van der Waals surface area contributed by atoms with E-state index in [1.807, 2.05) is 0 Å². The fourth-order valence-corrected chi connectivity index (χ4v) is 2.90. The van der Waals surface area contributed by atoms with Crippen LogP contribution in [-0.2, 0) is 9.47 Å². The van der Waals surface area contributed by atoms with E-state index in [0.717, 1.165) is 52.0 Å². The summed E-state index contributed by atoms with van der Waals surface area (Å²) in [4.78, 5) is 12.9. The third-order valence-corrected chi connectivity index (χ3v) is 4.14. The van der Waals surface area contributed by atoms with Gasteiger partial charge in [-0.1, -0.05) is 0 Å². The molecule has 2 saturated heterocycles. The molecule has 2 aliphatic heterocycles. The molecule has 2 N–H and O–H groups in total. The predicted molar refractivity (Wildman–Crippen MR) is 76.8 cm³/mol. The van der Waals surface area contributed by atoms with E-state index in [2.05, 4.69) is 10.6 Å². The number of hydrogen-bond donors (Lipinski definition) is 2. The van der Waals surface area contributed by atoms with Gasteiger partial charge < -0.3 is 25.0 Å². The van der Waals surface area contributed by atoms with E-state index in [4.69, 9.17) is 9.47 Å². The number of ether oxygens (including phenoxy) is 2. The number of carbonyl (C=O) groups excluding carboxylic acids is 1. The maximum Gasteiger partial charge on any atom is 0.316 e. The van der Waals surface area contributed by atoms with Gasteiger partial charge in [-0.25, -0.2) is 4.79 Å². The third-order valence-electron chi connectivity index (χ3n) is 4.14. The van der Waals surface area contributed by atoms with Gasteiger partial charge in [0.2, 0.25) is 0 Å². The van der Waals surface area contributed by atoms with E-state index in [-0.39, 0.29) is 11.6 Å². The highest BCUT2D eigenvalue weighted by Crippen LogP contribution is 2.34. The van der Waals surface area contributed by atoms with Crippen molar-refractivity contribution in [3.05, 3.63) is 0 Å². The van der Waals surface area contributed by atoms with Crippen LogP contribution in [0.5, 0.6) is 0 Å². The summed E-state index contributed by atoms with van der Waals surface area (Å²) >= 11 is 0. The van der Waals surface area contributed by atoms with Crippen molar-refractivity contribution in [2.24, 2.45) is 0 Å². The normalized spacial score (nSPS) is 25.4. The Morgan fingerprint density at radius 1 is 1.25 bits per heavy atom. The molecular weight excluding hydrogens is 258 g/mol. The maximum atomic E-state index is 11.4. The monoisotopic (exact) mass is 285 g/mol. The minimum Gasteiger partial charge on any atom is -0.381 e. The number of amides is 2. The number of carbonyl (C=O) groups is 1. The summed E-state index contributed by atoms with van der Waals surface area (Å²) in [5.74, 6) is 0. The first-order chi connectivity index (χ1) is 9.61. The first kappa shape index (κ1) is 15.5. The van der Waals surface area contributed by atoms with Crippen molar-refractivity contribution in [2.45, 2.75) is 37.3 Å². The summed E-state index contributed by atoms with van der Waals surface area (Å²) in [6.45, 7) is 3.90. The molecule has 2 amide bonds. The molecule has 1 unspecified atom stereocenters. The topological polar surface area (TPSA) is 62.8 Å². The van der Waals surface area contributed by atoms with Crippen LogP contribution in [0.1, 0.15) is 25.7 Å². The first-order valence-corrected chi connectivity index (χ1v) is 7.52. The molecule has 0 aliphatic carbocycles. The van der Waals surface area contributed by atoms with Crippen molar-refractivity contribution in [1.82, 2.24) is 15.5 Å². The molecular formula is C14H27N3O3. The van der Waals surface area contributed by atoms with Crippen molar-refractivity contribution in [3.8, 4) is 0 Å². The van der Waals surface area contributed by atoms with E-state index in [0.29, 0.717) is 12.6 Å². The van der Waals surface area contributed by atoms with Gasteiger partial charge in [-0.2, -0.15) is 0 Å². The summed E-state index contributed by atoms with van der Waals surface area (Å²) in [5, 5.41) is 6.40. The van der Waals surface area contributed by atoms with Gasteiger partial charge in [0.25, 0.3) is 0 Å². The molecule has 116 valence electrons. The lowest BCUT2D eigenvalue weighted by molar-refractivity contribution is -0.140. The van der Waals surface area contributed by atoms with E-state index in [1.165, 1.54) is 0 Å². The van der Waals surface area contributed by atoms with E-state index in [9.17, 15) is 4.79 Å². The highest BCUT2D eigenvalue weighted by Gasteiger charge is 2.38. The minimum absolute atomic E-state index is 0.0288. The second kappa shape index (κ2) is 7.24. The van der Waals surface area contributed by atoms with Crippen LogP contribution in [-0.4, -0.2) is 69.6 Å². The Labute approximate surface area is 121 Å². The number of nitrogens with zero attached hydrogens (tertiary/aromatic N) is 1. The molecule has 6 nitrogen and oxygen atoms in total. The Morgan fingerprint density at radius 2 is 2.00 bits per heavy atom. The fraction of sp³-hybridized carbons (Fsp3) is 0.929. The highest BCUT2D eigenvalue weighted by molar-refractivity contribution is 5.73. The SMILES string of the molecule is CN(C)C(=O)NCCNC1CCOC2(CCOCC2)C1. The molecule has 2 aliphatic rings. The lowest BCUT2D eigenvalue weighted by Gasteiger charge is -2.43. The van der Waals surface area contributed by atoms with Crippen molar-refractivity contribution in [1.29, 1.82) is 0 Å². The highest BCUT2D eigenvalue weighted by atomic mass is 16.5. The van der Waals surface area contributed by atoms with Crippen LogP contribution in [0.3, 0.4) is 0 Å². The Hall–Kier alpha value is -0.850. The molecule has 0 radical (unpaired) electrons. The van der Waals surface area contributed by atoms with Crippen molar-refractivity contribution >= 4 is 6.03 Å². The van der Waals surface area contributed by atoms with Gasteiger partial charge in [0.1, 0.15) is 0 Å². The van der Waals surface area contributed by atoms with Gasteiger partial charge in [0, 0.05) is 53.0 Å². The lowest BCUT2D eigenvalue weighted by Crippen LogP contribution is -2.51. The Bertz CT molecular complexity index is 311. The summed E-state index contributed by atoms with van der Waals surface area (Å²) in [7, 11) is 3.49. The molecule has 2 fully saturated rings. The van der Waals surface area contributed by atoms with Crippen LogP contribution < -0.4 is 10.6 Å². The fourth-order valence-electron chi connectivity index (χ4n) is 2.90. The largest absolute Gasteiger partial charge is 0.381 e. The van der Waals surface area contributed by atoms with Crippen LogP contribution in [0.2, 0.25) is 0 Å². The minimum atomic E-state index is -0.0420. The van der Waals surface area contributed by atoms with Crippen LogP contribution in [0.4, 0.5) is 4.79 Å². The second-order valence-corrected chi connectivity index (χ2v) is 5.91. The molecule has 1 spiro atoms.